The molecule has 0 bridgehead atoms. The van der Waals surface area contributed by atoms with Crippen molar-refractivity contribution in [3.05, 3.63) is 62.5 Å². The zero-order valence-corrected chi connectivity index (χ0v) is 14.3. The molecule has 0 saturated heterocycles. The van der Waals surface area contributed by atoms with Crippen molar-refractivity contribution in [1.29, 1.82) is 0 Å². The Hall–Kier alpha value is -0.800. The van der Waals surface area contributed by atoms with Crippen molar-refractivity contribution < 1.29 is 0 Å². The maximum Gasteiger partial charge on any atom is 0.0511 e. The first-order chi connectivity index (χ1) is 9.11. The van der Waals surface area contributed by atoms with E-state index in [1.807, 2.05) is 0 Å². The molecule has 0 aliphatic carbocycles. The standard InChI is InChI=1S/C16H17Br2N/c1-3-15(12-7-9-13(17)10-8-12)19-16-6-4-5-14(18)11(16)2/h4-10,15,19H,3H2,1-2H3. The number of halogens is 2. The van der Waals surface area contributed by atoms with Crippen LogP contribution >= 0.6 is 31.9 Å². The third kappa shape index (κ3) is 3.61. The molecule has 2 aromatic carbocycles. The van der Waals surface area contributed by atoms with Crippen LogP contribution in [0, 0.1) is 6.92 Å². The van der Waals surface area contributed by atoms with Crippen molar-refractivity contribution in [2.24, 2.45) is 0 Å². The minimum atomic E-state index is 0.334. The van der Waals surface area contributed by atoms with Gasteiger partial charge < -0.3 is 5.32 Å². The summed E-state index contributed by atoms with van der Waals surface area (Å²) in [5.74, 6) is 0. The minimum absolute atomic E-state index is 0.334. The number of anilines is 1. The van der Waals surface area contributed by atoms with Gasteiger partial charge in [-0.15, -0.1) is 0 Å². The molecular formula is C16H17Br2N. The van der Waals surface area contributed by atoms with Crippen LogP contribution in [0.3, 0.4) is 0 Å². The molecule has 0 fully saturated rings. The van der Waals surface area contributed by atoms with Gasteiger partial charge in [-0.1, -0.05) is 57.0 Å². The van der Waals surface area contributed by atoms with Crippen molar-refractivity contribution >= 4 is 37.5 Å². The molecule has 0 spiro atoms. The lowest BCUT2D eigenvalue weighted by molar-refractivity contribution is 0.748. The number of nitrogens with one attached hydrogen (secondary N) is 1. The predicted octanol–water partition coefficient (Wildman–Crippen LogP) is 6.08. The Morgan fingerprint density at radius 3 is 2.37 bits per heavy atom. The molecule has 1 nitrogen and oxygen atoms in total. The van der Waals surface area contributed by atoms with Gasteiger partial charge in [-0.2, -0.15) is 0 Å². The van der Waals surface area contributed by atoms with E-state index in [9.17, 15) is 0 Å². The van der Waals surface area contributed by atoms with E-state index >= 15 is 0 Å². The summed E-state index contributed by atoms with van der Waals surface area (Å²) in [5, 5.41) is 3.63. The molecule has 1 N–H and O–H groups in total. The van der Waals surface area contributed by atoms with Crippen LogP contribution in [0.25, 0.3) is 0 Å². The Labute approximate surface area is 131 Å². The van der Waals surface area contributed by atoms with Gasteiger partial charge in [-0.3, -0.25) is 0 Å². The summed E-state index contributed by atoms with van der Waals surface area (Å²) in [6, 6.07) is 15.1. The number of benzene rings is 2. The van der Waals surface area contributed by atoms with Crippen LogP contribution in [0.15, 0.2) is 51.4 Å². The van der Waals surface area contributed by atoms with Crippen LogP contribution in [0.2, 0.25) is 0 Å². The summed E-state index contributed by atoms with van der Waals surface area (Å²) in [6.07, 6.45) is 1.05. The lowest BCUT2D eigenvalue weighted by atomic mass is 10.0. The maximum absolute atomic E-state index is 3.63. The van der Waals surface area contributed by atoms with Crippen LogP contribution in [-0.2, 0) is 0 Å². The molecule has 1 atom stereocenters. The molecule has 0 amide bonds. The second-order valence-electron chi connectivity index (χ2n) is 4.57. The average molecular weight is 383 g/mol. The highest BCUT2D eigenvalue weighted by molar-refractivity contribution is 9.10. The Kier molecular flexibility index (Phi) is 5.06. The van der Waals surface area contributed by atoms with Gasteiger partial charge in [-0.25, -0.2) is 0 Å². The molecule has 2 rings (SSSR count). The molecule has 0 heterocycles. The molecule has 0 saturated carbocycles. The summed E-state index contributed by atoms with van der Waals surface area (Å²) in [5.41, 5.74) is 3.74. The first-order valence-corrected chi connectivity index (χ1v) is 7.97. The summed E-state index contributed by atoms with van der Waals surface area (Å²) in [4.78, 5) is 0. The first kappa shape index (κ1) is 14.6. The highest BCUT2D eigenvalue weighted by atomic mass is 79.9. The van der Waals surface area contributed by atoms with Crippen LogP contribution in [0.1, 0.15) is 30.5 Å². The topological polar surface area (TPSA) is 12.0 Å². The highest BCUT2D eigenvalue weighted by Crippen LogP contribution is 2.29. The monoisotopic (exact) mass is 381 g/mol. The van der Waals surface area contributed by atoms with Gasteiger partial charge in [-0.05, 0) is 48.7 Å². The van der Waals surface area contributed by atoms with Gasteiger partial charge in [0.15, 0.2) is 0 Å². The Morgan fingerprint density at radius 1 is 1.05 bits per heavy atom. The quantitative estimate of drug-likeness (QED) is 0.675. The largest absolute Gasteiger partial charge is 0.378 e. The van der Waals surface area contributed by atoms with Gasteiger partial charge in [0.2, 0.25) is 0 Å². The fraction of sp³-hybridized carbons (Fsp3) is 0.250. The molecule has 1 unspecified atom stereocenters. The average Bonchev–Trinajstić information content (AvgIpc) is 2.42. The normalized spacial score (nSPS) is 12.2. The summed E-state index contributed by atoms with van der Waals surface area (Å²) < 4.78 is 2.26. The van der Waals surface area contributed by atoms with E-state index in [1.165, 1.54) is 16.8 Å². The van der Waals surface area contributed by atoms with Crippen molar-refractivity contribution in [2.75, 3.05) is 5.32 Å². The molecule has 0 aliphatic rings. The van der Waals surface area contributed by atoms with Crippen molar-refractivity contribution in [1.82, 2.24) is 0 Å². The Bertz CT molecular complexity index is 549. The lowest BCUT2D eigenvalue weighted by Crippen LogP contribution is -2.10. The lowest BCUT2D eigenvalue weighted by Gasteiger charge is -2.20. The van der Waals surface area contributed by atoms with Crippen molar-refractivity contribution in [2.45, 2.75) is 26.3 Å². The van der Waals surface area contributed by atoms with Crippen LogP contribution in [0.4, 0.5) is 5.69 Å². The zero-order chi connectivity index (χ0) is 13.8. The van der Waals surface area contributed by atoms with Crippen LogP contribution in [0.5, 0.6) is 0 Å². The van der Waals surface area contributed by atoms with Gasteiger partial charge in [0.25, 0.3) is 0 Å². The SMILES string of the molecule is CCC(Nc1cccc(Br)c1C)c1ccc(Br)cc1. The summed E-state index contributed by atoms with van der Waals surface area (Å²) in [7, 11) is 0. The fourth-order valence-corrected chi connectivity index (χ4v) is 2.70. The van der Waals surface area contributed by atoms with E-state index < -0.39 is 0 Å². The number of hydrogen-bond donors (Lipinski definition) is 1. The van der Waals surface area contributed by atoms with E-state index in [4.69, 9.17) is 0 Å². The molecule has 0 radical (unpaired) electrons. The van der Waals surface area contributed by atoms with E-state index in [0.29, 0.717) is 6.04 Å². The molecule has 2 aromatic rings. The molecule has 0 aliphatic heterocycles. The van der Waals surface area contributed by atoms with Gasteiger partial charge in [0.1, 0.15) is 0 Å². The van der Waals surface area contributed by atoms with E-state index in [0.717, 1.165) is 15.4 Å². The number of rotatable bonds is 4. The second-order valence-corrected chi connectivity index (χ2v) is 6.34. The highest BCUT2D eigenvalue weighted by Gasteiger charge is 2.11. The summed E-state index contributed by atoms with van der Waals surface area (Å²) >= 11 is 7.06. The smallest absolute Gasteiger partial charge is 0.0511 e. The Morgan fingerprint density at radius 2 is 1.74 bits per heavy atom. The molecule has 0 aromatic heterocycles. The minimum Gasteiger partial charge on any atom is -0.378 e. The van der Waals surface area contributed by atoms with Crippen LogP contribution < -0.4 is 5.32 Å². The fourth-order valence-electron chi connectivity index (χ4n) is 2.07. The van der Waals surface area contributed by atoms with Crippen molar-refractivity contribution in [3.63, 3.8) is 0 Å². The second kappa shape index (κ2) is 6.58. The van der Waals surface area contributed by atoms with E-state index in [2.05, 4.69) is 93.5 Å². The van der Waals surface area contributed by atoms with E-state index in [1.54, 1.807) is 0 Å². The zero-order valence-electron chi connectivity index (χ0n) is 11.1. The third-order valence-electron chi connectivity index (χ3n) is 3.28. The molecular weight excluding hydrogens is 366 g/mol. The predicted molar refractivity (Wildman–Crippen MR) is 89.7 cm³/mol. The summed E-state index contributed by atoms with van der Waals surface area (Å²) in [6.45, 7) is 4.33. The number of hydrogen-bond acceptors (Lipinski definition) is 1. The maximum atomic E-state index is 3.63. The van der Waals surface area contributed by atoms with Gasteiger partial charge in [0, 0.05) is 14.6 Å². The van der Waals surface area contributed by atoms with Gasteiger partial charge >= 0.3 is 0 Å². The first-order valence-electron chi connectivity index (χ1n) is 6.39. The van der Waals surface area contributed by atoms with E-state index in [-0.39, 0.29) is 0 Å². The third-order valence-corrected chi connectivity index (χ3v) is 4.67. The Balaban J connectivity index is 2.24. The molecule has 3 heteroatoms. The van der Waals surface area contributed by atoms with Gasteiger partial charge in [0.05, 0.1) is 6.04 Å². The van der Waals surface area contributed by atoms with Crippen LogP contribution in [-0.4, -0.2) is 0 Å². The molecule has 100 valence electrons. The van der Waals surface area contributed by atoms with Crippen molar-refractivity contribution in [3.8, 4) is 0 Å². The molecule has 19 heavy (non-hydrogen) atoms.